The molecule has 2 saturated heterocycles. The Labute approximate surface area is 317 Å². The van der Waals surface area contributed by atoms with Crippen molar-refractivity contribution < 1.29 is 19.0 Å². The second-order valence-corrected chi connectivity index (χ2v) is 29.4. The molecule has 0 radical (unpaired) electrons. The molecule has 0 spiro atoms. The molecular weight excluding hydrogens is 699 g/mol. The molecular formula is C40H59N7O4Si2. The summed E-state index contributed by atoms with van der Waals surface area (Å²) in [4.78, 5) is 31.7. The third-order valence-corrected chi connectivity index (χ3v) is 13.5. The average molecular weight is 758 g/mol. The molecule has 4 aromatic rings. The van der Waals surface area contributed by atoms with Crippen molar-refractivity contribution in [2.45, 2.75) is 121 Å². The lowest BCUT2D eigenvalue weighted by molar-refractivity contribution is 0.00569. The number of hydrogen-bond donors (Lipinski definition) is 0. The molecule has 1 aromatic carbocycles. The first-order chi connectivity index (χ1) is 25.0. The van der Waals surface area contributed by atoms with Crippen LogP contribution in [0.5, 0.6) is 0 Å². The normalized spacial score (nSPS) is 19.2. The molecule has 0 aliphatic carbocycles. The van der Waals surface area contributed by atoms with Crippen molar-refractivity contribution in [3.8, 4) is 22.5 Å². The van der Waals surface area contributed by atoms with Crippen molar-refractivity contribution in [2.24, 2.45) is 0 Å². The monoisotopic (exact) mass is 757 g/mol. The molecule has 0 N–H and O–H groups in total. The summed E-state index contributed by atoms with van der Waals surface area (Å²) in [6.07, 6.45) is 8.86. The number of hydrogen-bond acceptors (Lipinski definition) is 9. The Bertz CT molecular complexity index is 1800. The van der Waals surface area contributed by atoms with Gasteiger partial charge in [0.1, 0.15) is 24.9 Å². The zero-order chi connectivity index (χ0) is 38.0. The molecule has 3 atom stereocenters. The number of carbonyl (C=O) groups is 1. The van der Waals surface area contributed by atoms with E-state index in [-0.39, 0.29) is 24.1 Å². The van der Waals surface area contributed by atoms with Crippen molar-refractivity contribution in [1.29, 1.82) is 0 Å². The largest absolute Gasteiger partial charge is 0.444 e. The SMILES string of the molecule is CC(C)(C)OC(=O)N1[C@@H]2CC[C@H]1CC(c1cc(N(COCC[Si](C)(C)C)COCC[Si](C)(C)C)n3ncc(-c4ccc(-c5ncccn5)cc4)c3n1)C2. The molecule has 0 saturated carbocycles. The molecule has 2 aliphatic rings. The van der Waals surface area contributed by atoms with E-state index >= 15 is 0 Å². The lowest BCUT2D eigenvalue weighted by Crippen LogP contribution is -2.48. The van der Waals surface area contributed by atoms with Crippen molar-refractivity contribution in [1.82, 2.24) is 29.5 Å². The highest BCUT2D eigenvalue weighted by molar-refractivity contribution is 6.76. The molecule has 2 fully saturated rings. The first-order valence-electron chi connectivity index (χ1n) is 19.2. The van der Waals surface area contributed by atoms with Crippen LogP contribution >= 0.6 is 0 Å². The van der Waals surface area contributed by atoms with Gasteiger partial charge in [-0.3, -0.25) is 0 Å². The van der Waals surface area contributed by atoms with E-state index in [9.17, 15) is 4.79 Å². The number of ether oxygens (including phenoxy) is 3. The van der Waals surface area contributed by atoms with Crippen LogP contribution in [0.4, 0.5) is 10.6 Å². The summed E-state index contributed by atoms with van der Waals surface area (Å²) in [5, 5.41) is 4.95. The van der Waals surface area contributed by atoms with E-state index in [4.69, 9.17) is 24.3 Å². The molecule has 1 unspecified atom stereocenters. The Hall–Kier alpha value is -3.66. The molecule has 2 bridgehead atoms. The minimum Gasteiger partial charge on any atom is -0.444 e. The van der Waals surface area contributed by atoms with Crippen LogP contribution in [0.3, 0.4) is 0 Å². The van der Waals surface area contributed by atoms with Gasteiger partial charge in [-0.2, -0.15) is 9.61 Å². The van der Waals surface area contributed by atoms with E-state index in [1.807, 2.05) is 54.6 Å². The van der Waals surface area contributed by atoms with Crippen LogP contribution in [-0.2, 0) is 14.2 Å². The quantitative estimate of drug-likeness (QED) is 0.0708. The van der Waals surface area contributed by atoms with Crippen molar-refractivity contribution >= 4 is 33.7 Å². The molecule has 11 nitrogen and oxygen atoms in total. The van der Waals surface area contributed by atoms with E-state index in [0.717, 1.165) is 71.6 Å². The minimum absolute atomic E-state index is 0.123. The molecule has 6 rings (SSSR count). The predicted octanol–water partition coefficient (Wildman–Crippen LogP) is 8.93. The summed E-state index contributed by atoms with van der Waals surface area (Å²) in [5.41, 5.74) is 4.18. The molecule has 13 heteroatoms. The van der Waals surface area contributed by atoms with Crippen molar-refractivity contribution in [3.05, 3.63) is 60.7 Å². The predicted molar refractivity (Wildman–Crippen MR) is 217 cm³/mol. The van der Waals surface area contributed by atoms with Crippen molar-refractivity contribution in [2.75, 3.05) is 31.6 Å². The first kappa shape index (κ1) is 39.0. The van der Waals surface area contributed by atoms with Crippen LogP contribution in [0.1, 0.15) is 58.1 Å². The maximum Gasteiger partial charge on any atom is 0.410 e. The summed E-state index contributed by atoms with van der Waals surface area (Å²) in [6.45, 7) is 22.2. The molecule has 1 amide bonds. The summed E-state index contributed by atoms with van der Waals surface area (Å²) in [5.74, 6) is 1.76. The number of benzene rings is 1. The second-order valence-electron chi connectivity index (χ2n) is 18.2. The number of aromatic nitrogens is 5. The van der Waals surface area contributed by atoms with Gasteiger partial charge in [0, 0.05) is 82.6 Å². The van der Waals surface area contributed by atoms with E-state index in [0.29, 0.717) is 32.5 Å². The first-order valence-corrected chi connectivity index (χ1v) is 26.6. The van der Waals surface area contributed by atoms with Crippen LogP contribution < -0.4 is 4.90 Å². The topological polar surface area (TPSA) is 107 Å². The number of rotatable bonds is 14. The lowest BCUT2D eigenvalue weighted by atomic mass is 9.88. The molecule has 3 aromatic heterocycles. The zero-order valence-electron chi connectivity index (χ0n) is 33.3. The summed E-state index contributed by atoms with van der Waals surface area (Å²) in [6, 6.07) is 14.7. The van der Waals surface area contributed by atoms with Crippen LogP contribution in [0.2, 0.25) is 51.4 Å². The molecule has 5 heterocycles. The fourth-order valence-corrected chi connectivity index (χ4v) is 8.67. The zero-order valence-corrected chi connectivity index (χ0v) is 35.3. The molecule has 53 heavy (non-hydrogen) atoms. The molecule has 2 aliphatic heterocycles. The van der Waals surface area contributed by atoms with Crippen molar-refractivity contribution in [3.63, 3.8) is 0 Å². The molecule has 286 valence electrons. The Morgan fingerprint density at radius 3 is 1.98 bits per heavy atom. The van der Waals surface area contributed by atoms with Gasteiger partial charge in [0.25, 0.3) is 0 Å². The number of piperidine rings is 1. The van der Waals surface area contributed by atoms with E-state index in [2.05, 4.69) is 72.3 Å². The Balaban J connectivity index is 1.36. The van der Waals surface area contributed by atoms with E-state index < -0.39 is 21.7 Å². The number of anilines is 1. The Morgan fingerprint density at radius 2 is 1.43 bits per heavy atom. The highest BCUT2D eigenvalue weighted by Gasteiger charge is 2.45. The average Bonchev–Trinajstić information content (AvgIpc) is 3.63. The van der Waals surface area contributed by atoms with E-state index in [1.165, 1.54) is 0 Å². The van der Waals surface area contributed by atoms with Gasteiger partial charge < -0.3 is 24.0 Å². The third-order valence-electron chi connectivity index (χ3n) is 10.1. The summed E-state index contributed by atoms with van der Waals surface area (Å²) < 4.78 is 20.6. The maximum atomic E-state index is 13.3. The lowest BCUT2D eigenvalue weighted by Gasteiger charge is -2.39. The number of carbonyl (C=O) groups excluding carboxylic acids is 1. The van der Waals surface area contributed by atoms with Gasteiger partial charge in [0.05, 0.1) is 6.20 Å². The van der Waals surface area contributed by atoms with Crippen LogP contribution in [0.25, 0.3) is 28.2 Å². The van der Waals surface area contributed by atoms with Crippen LogP contribution in [-0.4, -0.2) is 96.1 Å². The van der Waals surface area contributed by atoms with Gasteiger partial charge >= 0.3 is 6.09 Å². The van der Waals surface area contributed by atoms with Gasteiger partial charge in [-0.15, -0.1) is 0 Å². The smallest absolute Gasteiger partial charge is 0.410 e. The summed E-state index contributed by atoms with van der Waals surface area (Å²) in [7, 11) is -2.55. The minimum atomic E-state index is -1.27. The maximum absolute atomic E-state index is 13.3. The van der Waals surface area contributed by atoms with Gasteiger partial charge in [-0.1, -0.05) is 63.5 Å². The number of amides is 1. The standard InChI is InChI=1S/C40H59N7O4Si2/c1-40(2,3)51-39(48)46-32-15-16-33(46)24-31(23-32)35-25-36(45(27-49-19-21-52(4,5)6)28-50-20-22-53(7,8)9)47-38(44-35)34(26-43-47)29-11-13-30(14-12-29)37-41-17-10-18-42-37/h10-14,17-18,25-26,31-33H,15-16,19-24,27-28H2,1-9H3/t31?,32-,33+. The fraction of sp³-hybridized carbons (Fsp3) is 0.575. The van der Waals surface area contributed by atoms with E-state index in [1.54, 1.807) is 12.4 Å². The highest BCUT2D eigenvalue weighted by atomic mass is 28.3. The van der Waals surface area contributed by atoms with Gasteiger partial charge in [-0.25, -0.2) is 19.7 Å². The third kappa shape index (κ3) is 10.1. The van der Waals surface area contributed by atoms with Crippen LogP contribution in [0, 0.1) is 0 Å². The van der Waals surface area contributed by atoms with Gasteiger partial charge in [0.15, 0.2) is 11.5 Å². The second kappa shape index (κ2) is 16.0. The van der Waals surface area contributed by atoms with Crippen LogP contribution in [0.15, 0.2) is 55.0 Å². The Kier molecular flexibility index (Phi) is 11.8. The number of fused-ring (bicyclic) bond motifs is 3. The van der Waals surface area contributed by atoms with Gasteiger partial charge in [0.2, 0.25) is 0 Å². The Morgan fingerprint density at radius 1 is 0.868 bits per heavy atom. The fourth-order valence-electron chi connectivity index (χ4n) is 7.16. The summed E-state index contributed by atoms with van der Waals surface area (Å²) >= 11 is 0. The van der Waals surface area contributed by atoms with Gasteiger partial charge in [-0.05, 0) is 70.2 Å². The highest BCUT2D eigenvalue weighted by Crippen LogP contribution is 2.44. The number of nitrogens with zero attached hydrogens (tertiary/aromatic N) is 7.